The average Bonchev–Trinajstić information content (AvgIpc) is 2.05. The van der Waals surface area contributed by atoms with Crippen molar-refractivity contribution >= 4 is 0 Å². The summed E-state index contributed by atoms with van der Waals surface area (Å²) in [5.41, 5.74) is 0. The maximum Gasteiger partial charge on any atom is 0.0862 e. The van der Waals surface area contributed by atoms with Crippen LogP contribution in [0.2, 0.25) is 0 Å². The molecule has 0 aromatic rings. The van der Waals surface area contributed by atoms with Gasteiger partial charge in [-0.25, -0.2) is 0 Å². The molecule has 0 aliphatic carbocycles. The Morgan fingerprint density at radius 1 is 0.846 bits per heavy atom. The van der Waals surface area contributed by atoms with Gasteiger partial charge in [0.05, 0.1) is 26.2 Å². The molecule has 2 unspecified atom stereocenters. The first kappa shape index (κ1) is 13.0. The van der Waals surface area contributed by atoms with Crippen LogP contribution in [-0.4, -0.2) is 30.7 Å². The second kappa shape index (κ2) is 4.99. The smallest absolute Gasteiger partial charge is 0.0862 e. The molecule has 13 heavy (non-hydrogen) atoms. The van der Waals surface area contributed by atoms with E-state index >= 15 is 0 Å². The normalized spacial score (nSPS) is 37.6. The zero-order valence-corrected chi connectivity index (χ0v) is 10.6. The van der Waals surface area contributed by atoms with Crippen LogP contribution in [0.4, 0.5) is 0 Å². The number of likely N-dealkylation sites (tertiary alicyclic amines) is 1. The zero-order valence-electron chi connectivity index (χ0n) is 10.6. The van der Waals surface area contributed by atoms with E-state index in [2.05, 4.69) is 34.9 Å². The van der Waals surface area contributed by atoms with Crippen molar-refractivity contribution in [3.8, 4) is 0 Å². The Morgan fingerprint density at radius 2 is 1.15 bits per heavy atom. The minimum absolute atomic E-state index is 0.841. The largest absolute Gasteiger partial charge is 0.324 e. The van der Waals surface area contributed by atoms with Gasteiger partial charge in [-0.1, -0.05) is 20.8 Å². The summed E-state index contributed by atoms with van der Waals surface area (Å²) in [6, 6.07) is 1.68. The highest BCUT2D eigenvalue weighted by atomic mass is 15.4. The second-order valence-corrected chi connectivity index (χ2v) is 4.90. The highest BCUT2D eigenvalue weighted by Crippen LogP contribution is 2.30. The Labute approximate surface area is 84.7 Å². The summed E-state index contributed by atoms with van der Waals surface area (Å²) >= 11 is 0. The van der Waals surface area contributed by atoms with Crippen molar-refractivity contribution in [2.75, 3.05) is 14.1 Å². The third kappa shape index (κ3) is 2.98. The molecule has 80 valence electrons. The summed E-state index contributed by atoms with van der Waals surface area (Å²) in [6.07, 6.45) is 2.80. The van der Waals surface area contributed by atoms with Crippen LogP contribution in [-0.2, 0) is 0 Å². The van der Waals surface area contributed by atoms with Crippen LogP contribution < -0.4 is 0 Å². The number of hydrogen-bond donors (Lipinski definition) is 0. The Bertz CT molecular complexity index is 126. The molecule has 1 fully saturated rings. The van der Waals surface area contributed by atoms with Crippen molar-refractivity contribution < 1.29 is 4.48 Å². The van der Waals surface area contributed by atoms with Crippen molar-refractivity contribution in [1.29, 1.82) is 0 Å². The highest BCUT2D eigenvalue weighted by molar-refractivity contribution is 4.70. The summed E-state index contributed by atoms with van der Waals surface area (Å²) in [7, 11) is 4.72. The number of rotatable bonds is 0. The standard InChI is InChI=1S/C10H22N.C2H6/c1-8-6-9(2)11(4,5)10(3)7-8;1-2/h8-10H,6-7H2,1-5H3;1-2H3/q+1;. The first-order valence-electron chi connectivity index (χ1n) is 5.78. The quantitative estimate of drug-likeness (QED) is 0.509. The fraction of sp³-hybridized carbons (Fsp3) is 1.00. The molecule has 1 saturated heterocycles. The average molecular weight is 186 g/mol. The fourth-order valence-corrected chi connectivity index (χ4v) is 2.24. The molecule has 0 bridgehead atoms. The van der Waals surface area contributed by atoms with E-state index in [9.17, 15) is 0 Å². The molecular formula is C12H28N+. The lowest BCUT2D eigenvalue weighted by molar-refractivity contribution is -0.941. The predicted molar refractivity (Wildman–Crippen MR) is 60.8 cm³/mol. The molecule has 0 aromatic carbocycles. The second-order valence-electron chi connectivity index (χ2n) is 4.90. The van der Waals surface area contributed by atoms with Crippen LogP contribution in [0.3, 0.4) is 0 Å². The lowest BCUT2D eigenvalue weighted by atomic mass is 9.87. The zero-order chi connectivity index (χ0) is 10.6. The van der Waals surface area contributed by atoms with Gasteiger partial charge in [-0.3, -0.25) is 0 Å². The molecule has 1 heteroatoms. The third-order valence-corrected chi connectivity index (χ3v) is 3.76. The van der Waals surface area contributed by atoms with E-state index in [-0.39, 0.29) is 0 Å². The Hall–Kier alpha value is -0.0400. The molecule has 0 aromatic heterocycles. The summed E-state index contributed by atoms with van der Waals surface area (Å²) in [5, 5.41) is 0. The van der Waals surface area contributed by atoms with Crippen molar-refractivity contribution in [1.82, 2.24) is 0 Å². The predicted octanol–water partition coefficient (Wildman–Crippen LogP) is 3.30. The minimum atomic E-state index is 0.841. The minimum Gasteiger partial charge on any atom is -0.324 e. The van der Waals surface area contributed by atoms with Gasteiger partial charge < -0.3 is 4.48 Å². The van der Waals surface area contributed by atoms with E-state index in [1.165, 1.54) is 17.3 Å². The van der Waals surface area contributed by atoms with Crippen LogP contribution in [0.5, 0.6) is 0 Å². The molecule has 0 N–H and O–H groups in total. The molecule has 1 aliphatic rings. The fourth-order valence-electron chi connectivity index (χ4n) is 2.24. The van der Waals surface area contributed by atoms with Gasteiger partial charge in [-0.15, -0.1) is 0 Å². The van der Waals surface area contributed by atoms with Gasteiger partial charge in [-0.2, -0.15) is 0 Å². The van der Waals surface area contributed by atoms with E-state index < -0.39 is 0 Å². The van der Waals surface area contributed by atoms with Gasteiger partial charge in [0.15, 0.2) is 0 Å². The van der Waals surface area contributed by atoms with Gasteiger partial charge in [-0.05, 0) is 19.8 Å². The number of quaternary nitrogens is 1. The summed E-state index contributed by atoms with van der Waals surface area (Å²) < 4.78 is 1.21. The van der Waals surface area contributed by atoms with E-state index in [0.29, 0.717) is 0 Å². The van der Waals surface area contributed by atoms with E-state index in [1.807, 2.05) is 13.8 Å². The van der Waals surface area contributed by atoms with Crippen LogP contribution >= 0.6 is 0 Å². The SMILES string of the molecule is CC.CC1CC(C)[N+](C)(C)C(C)C1. The van der Waals surface area contributed by atoms with Crippen molar-refractivity contribution in [2.45, 2.75) is 59.5 Å². The molecule has 1 heterocycles. The van der Waals surface area contributed by atoms with Crippen LogP contribution in [0.15, 0.2) is 0 Å². The summed E-state index contributed by atoms with van der Waals surface area (Å²) in [5.74, 6) is 0.936. The molecule has 0 radical (unpaired) electrons. The van der Waals surface area contributed by atoms with Crippen LogP contribution in [0, 0.1) is 5.92 Å². The van der Waals surface area contributed by atoms with Gasteiger partial charge in [0.25, 0.3) is 0 Å². The maximum absolute atomic E-state index is 2.38. The Morgan fingerprint density at radius 3 is 1.46 bits per heavy atom. The van der Waals surface area contributed by atoms with Gasteiger partial charge in [0.1, 0.15) is 0 Å². The summed E-state index contributed by atoms with van der Waals surface area (Å²) in [6.45, 7) is 11.1. The van der Waals surface area contributed by atoms with Crippen LogP contribution in [0.25, 0.3) is 0 Å². The number of nitrogens with zero attached hydrogens (tertiary/aromatic N) is 1. The van der Waals surface area contributed by atoms with Gasteiger partial charge >= 0.3 is 0 Å². The lowest BCUT2D eigenvalue weighted by Gasteiger charge is -2.47. The van der Waals surface area contributed by atoms with E-state index in [0.717, 1.165) is 18.0 Å². The molecule has 0 saturated carbocycles. The Kier molecular flexibility index (Phi) is 4.98. The molecule has 0 spiro atoms. The first-order chi connectivity index (χ1) is 5.94. The van der Waals surface area contributed by atoms with E-state index in [4.69, 9.17) is 0 Å². The lowest BCUT2D eigenvalue weighted by Crippen LogP contribution is -2.57. The summed E-state index contributed by atoms with van der Waals surface area (Å²) in [4.78, 5) is 0. The molecular weight excluding hydrogens is 158 g/mol. The van der Waals surface area contributed by atoms with Gasteiger partial charge in [0, 0.05) is 12.8 Å². The van der Waals surface area contributed by atoms with Crippen molar-refractivity contribution in [3.05, 3.63) is 0 Å². The molecule has 1 aliphatic heterocycles. The number of hydrogen-bond acceptors (Lipinski definition) is 0. The third-order valence-electron chi connectivity index (χ3n) is 3.76. The molecule has 1 nitrogen and oxygen atoms in total. The van der Waals surface area contributed by atoms with E-state index in [1.54, 1.807) is 0 Å². The molecule has 2 atom stereocenters. The van der Waals surface area contributed by atoms with Gasteiger partial charge in [0.2, 0.25) is 0 Å². The number of piperidine rings is 1. The topological polar surface area (TPSA) is 0 Å². The maximum atomic E-state index is 2.38. The Balaban J connectivity index is 0.000000671. The van der Waals surface area contributed by atoms with Crippen molar-refractivity contribution in [3.63, 3.8) is 0 Å². The van der Waals surface area contributed by atoms with Crippen LogP contribution in [0.1, 0.15) is 47.5 Å². The molecule has 1 rings (SSSR count). The monoisotopic (exact) mass is 186 g/mol. The van der Waals surface area contributed by atoms with Crippen molar-refractivity contribution in [2.24, 2.45) is 5.92 Å². The highest BCUT2D eigenvalue weighted by Gasteiger charge is 2.36. The molecule has 0 amide bonds. The first-order valence-corrected chi connectivity index (χ1v) is 5.78.